The lowest BCUT2D eigenvalue weighted by Gasteiger charge is -2.21. The fraction of sp³-hybridized carbons (Fsp3) is 0.500. The Balaban J connectivity index is 2.63. The van der Waals surface area contributed by atoms with Crippen molar-refractivity contribution in [2.75, 3.05) is 18.4 Å². The van der Waals surface area contributed by atoms with Crippen LogP contribution in [0.1, 0.15) is 39.5 Å². The lowest BCUT2D eigenvalue weighted by Crippen LogP contribution is -2.40. The van der Waals surface area contributed by atoms with Crippen molar-refractivity contribution >= 4 is 17.5 Å². The van der Waals surface area contributed by atoms with Gasteiger partial charge in [-0.2, -0.15) is 0 Å². The van der Waals surface area contributed by atoms with Crippen LogP contribution in [0.2, 0.25) is 0 Å². The van der Waals surface area contributed by atoms with Crippen LogP contribution in [0.4, 0.5) is 10.1 Å². The molecule has 0 saturated heterocycles. The number of rotatable bonds is 7. The quantitative estimate of drug-likeness (QED) is 0.785. The van der Waals surface area contributed by atoms with Gasteiger partial charge in [0, 0.05) is 18.8 Å². The second-order valence-corrected chi connectivity index (χ2v) is 4.96. The van der Waals surface area contributed by atoms with Gasteiger partial charge in [-0.3, -0.25) is 9.59 Å². The average molecular weight is 294 g/mol. The number of carbonyl (C=O) groups excluding carboxylic acids is 2. The van der Waals surface area contributed by atoms with Gasteiger partial charge in [0.05, 0.1) is 0 Å². The first kappa shape index (κ1) is 17.1. The van der Waals surface area contributed by atoms with Crippen molar-refractivity contribution in [3.05, 3.63) is 30.1 Å². The maximum Gasteiger partial charge on any atom is 0.313 e. The number of nitrogens with one attached hydrogen (secondary N) is 1. The third-order valence-corrected chi connectivity index (χ3v) is 3.15. The molecular formula is C16H23FN2O2. The third-order valence-electron chi connectivity index (χ3n) is 3.15. The topological polar surface area (TPSA) is 49.4 Å². The minimum atomic E-state index is -0.672. The summed E-state index contributed by atoms with van der Waals surface area (Å²) in [4.78, 5) is 25.7. The lowest BCUT2D eigenvalue weighted by molar-refractivity contribution is -0.143. The highest BCUT2D eigenvalue weighted by Gasteiger charge is 2.21. The molecule has 4 nitrogen and oxygen atoms in total. The molecule has 0 aliphatic rings. The van der Waals surface area contributed by atoms with Crippen LogP contribution >= 0.6 is 0 Å². The molecule has 1 N–H and O–H groups in total. The van der Waals surface area contributed by atoms with Crippen molar-refractivity contribution in [3.63, 3.8) is 0 Å². The lowest BCUT2D eigenvalue weighted by atomic mass is 10.2. The van der Waals surface area contributed by atoms with E-state index in [1.54, 1.807) is 4.90 Å². The van der Waals surface area contributed by atoms with Crippen molar-refractivity contribution in [2.24, 2.45) is 0 Å². The summed E-state index contributed by atoms with van der Waals surface area (Å²) in [6.07, 6.45) is 3.68. The predicted octanol–water partition coefficient (Wildman–Crippen LogP) is 3.19. The number of anilines is 1. The normalized spacial score (nSPS) is 10.2. The number of unbranched alkanes of at least 4 members (excludes halogenated alkanes) is 2. The van der Waals surface area contributed by atoms with Crippen LogP contribution in [-0.2, 0) is 9.59 Å². The van der Waals surface area contributed by atoms with E-state index in [-0.39, 0.29) is 5.82 Å². The molecule has 0 saturated carbocycles. The molecule has 0 unspecified atom stereocenters. The van der Waals surface area contributed by atoms with E-state index in [1.165, 1.54) is 24.3 Å². The number of hydrogen-bond donors (Lipinski definition) is 1. The number of carbonyl (C=O) groups is 2. The van der Waals surface area contributed by atoms with E-state index in [0.717, 1.165) is 25.7 Å². The molecule has 0 radical (unpaired) electrons. The van der Waals surface area contributed by atoms with Crippen LogP contribution in [0.25, 0.3) is 0 Å². The molecule has 0 aliphatic carbocycles. The van der Waals surface area contributed by atoms with E-state index in [4.69, 9.17) is 0 Å². The van der Waals surface area contributed by atoms with Gasteiger partial charge in [0.2, 0.25) is 0 Å². The molecule has 0 spiro atoms. The van der Waals surface area contributed by atoms with E-state index < -0.39 is 11.8 Å². The van der Waals surface area contributed by atoms with Gasteiger partial charge in [0.25, 0.3) is 0 Å². The van der Waals surface area contributed by atoms with Gasteiger partial charge in [0.1, 0.15) is 5.82 Å². The Morgan fingerprint density at radius 2 is 1.57 bits per heavy atom. The number of nitrogens with zero attached hydrogens (tertiary/aromatic N) is 1. The van der Waals surface area contributed by atoms with Gasteiger partial charge in [-0.15, -0.1) is 0 Å². The molecule has 21 heavy (non-hydrogen) atoms. The molecular weight excluding hydrogens is 271 g/mol. The fourth-order valence-corrected chi connectivity index (χ4v) is 1.87. The van der Waals surface area contributed by atoms with Crippen molar-refractivity contribution in [1.82, 2.24) is 4.90 Å². The van der Waals surface area contributed by atoms with E-state index in [0.29, 0.717) is 18.8 Å². The van der Waals surface area contributed by atoms with Crippen molar-refractivity contribution in [3.8, 4) is 0 Å². The summed E-state index contributed by atoms with van der Waals surface area (Å²) in [6, 6.07) is 5.35. The Labute approximate surface area is 125 Å². The SMILES string of the molecule is CCCCN(CCCC)C(=O)C(=O)Nc1ccc(F)cc1. The van der Waals surface area contributed by atoms with Crippen molar-refractivity contribution in [1.29, 1.82) is 0 Å². The highest BCUT2D eigenvalue weighted by molar-refractivity contribution is 6.39. The molecule has 0 fully saturated rings. The zero-order valence-electron chi connectivity index (χ0n) is 12.7. The molecule has 1 aromatic rings. The Hall–Kier alpha value is -1.91. The number of halogens is 1. The predicted molar refractivity (Wildman–Crippen MR) is 81.4 cm³/mol. The highest BCUT2D eigenvalue weighted by atomic mass is 19.1. The third kappa shape index (κ3) is 5.94. The Morgan fingerprint density at radius 3 is 2.05 bits per heavy atom. The standard InChI is InChI=1S/C16H23FN2O2/c1-3-5-11-19(12-6-4-2)16(21)15(20)18-14-9-7-13(17)8-10-14/h7-10H,3-6,11-12H2,1-2H3,(H,18,20). The molecule has 2 amide bonds. The van der Waals surface area contributed by atoms with Gasteiger partial charge in [-0.05, 0) is 37.1 Å². The summed E-state index contributed by atoms with van der Waals surface area (Å²) in [5, 5.41) is 2.51. The summed E-state index contributed by atoms with van der Waals surface area (Å²) in [5.41, 5.74) is 0.417. The van der Waals surface area contributed by atoms with E-state index in [2.05, 4.69) is 5.32 Å². The van der Waals surface area contributed by atoms with Crippen LogP contribution in [0.3, 0.4) is 0 Å². The molecule has 0 atom stereocenters. The van der Waals surface area contributed by atoms with E-state index >= 15 is 0 Å². The summed E-state index contributed by atoms with van der Waals surface area (Å²) < 4.78 is 12.8. The number of amides is 2. The van der Waals surface area contributed by atoms with E-state index in [1.807, 2.05) is 13.8 Å². The van der Waals surface area contributed by atoms with Crippen LogP contribution in [0, 0.1) is 5.82 Å². The summed E-state index contributed by atoms with van der Waals surface area (Å²) in [6.45, 7) is 5.26. The van der Waals surface area contributed by atoms with Gasteiger partial charge in [0.15, 0.2) is 0 Å². The van der Waals surface area contributed by atoms with Gasteiger partial charge >= 0.3 is 11.8 Å². The first-order chi connectivity index (χ1) is 10.1. The van der Waals surface area contributed by atoms with Crippen molar-refractivity contribution in [2.45, 2.75) is 39.5 Å². The van der Waals surface area contributed by atoms with Crippen LogP contribution in [0.15, 0.2) is 24.3 Å². The van der Waals surface area contributed by atoms with Crippen LogP contribution in [0.5, 0.6) is 0 Å². The minimum Gasteiger partial charge on any atom is -0.334 e. The van der Waals surface area contributed by atoms with E-state index in [9.17, 15) is 14.0 Å². The summed E-state index contributed by atoms with van der Waals surface area (Å²) in [5.74, 6) is -1.58. The second-order valence-electron chi connectivity index (χ2n) is 4.96. The maximum atomic E-state index is 12.8. The largest absolute Gasteiger partial charge is 0.334 e. The van der Waals surface area contributed by atoms with Crippen LogP contribution < -0.4 is 5.32 Å². The Kier molecular flexibility index (Phi) is 7.43. The van der Waals surface area contributed by atoms with Crippen molar-refractivity contribution < 1.29 is 14.0 Å². The smallest absolute Gasteiger partial charge is 0.313 e. The summed E-state index contributed by atoms with van der Waals surface area (Å²) in [7, 11) is 0. The first-order valence-electron chi connectivity index (χ1n) is 7.44. The monoisotopic (exact) mass is 294 g/mol. The minimum absolute atomic E-state index is 0.383. The average Bonchev–Trinajstić information content (AvgIpc) is 2.49. The molecule has 0 aromatic heterocycles. The zero-order valence-corrected chi connectivity index (χ0v) is 12.7. The molecule has 0 aliphatic heterocycles. The second kappa shape index (κ2) is 9.10. The Morgan fingerprint density at radius 1 is 1.05 bits per heavy atom. The van der Waals surface area contributed by atoms with Crippen LogP contribution in [-0.4, -0.2) is 29.8 Å². The zero-order chi connectivity index (χ0) is 15.7. The molecule has 0 heterocycles. The highest BCUT2D eigenvalue weighted by Crippen LogP contribution is 2.09. The Bertz CT molecular complexity index is 452. The molecule has 1 aromatic carbocycles. The summed E-state index contributed by atoms with van der Waals surface area (Å²) >= 11 is 0. The number of benzene rings is 1. The molecule has 1 rings (SSSR count). The molecule has 5 heteroatoms. The van der Waals surface area contributed by atoms with Gasteiger partial charge < -0.3 is 10.2 Å². The fourth-order valence-electron chi connectivity index (χ4n) is 1.87. The molecule has 0 bridgehead atoms. The maximum absolute atomic E-state index is 12.8. The first-order valence-corrected chi connectivity index (χ1v) is 7.44. The number of hydrogen-bond acceptors (Lipinski definition) is 2. The molecule has 116 valence electrons. The van der Waals surface area contributed by atoms with Gasteiger partial charge in [-0.1, -0.05) is 26.7 Å². The van der Waals surface area contributed by atoms with Gasteiger partial charge in [-0.25, -0.2) is 4.39 Å².